The Bertz CT molecular complexity index is 1390. The fraction of sp³-hybridized carbons (Fsp3) is 0.370. The summed E-state index contributed by atoms with van der Waals surface area (Å²) in [6, 6.07) is 8.77. The molecule has 3 aliphatic heterocycles. The van der Waals surface area contributed by atoms with E-state index in [0.717, 1.165) is 12.1 Å². The predicted molar refractivity (Wildman–Crippen MR) is 144 cm³/mol. The van der Waals surface area contributed by atoms with E-state index in [4.69, 9.17) is 23.2 Å². The molecule has 1 saturated heterocycles. The first-order valence-corrected chi connectivity index (χ1v) is 13.5. The van der Waals surface area contributed by atoms with Gasteiger partial charge in [-0.3, -0.25) is 14.5 Å². The van der Waals surface area contributed by atoms with Gasteiger partial charge < -0.3 is 20.0 Å². The molecule has 1 fully saturated rings. The minimum atomic E-state index is -4.44. The Morgan fingerprint density at radius 2 is 1.77 bits per heavy atom. The lowest BCUT2D eigenvalue weighted by atomic mass is 9.95. The summed E-state index contributed by atoms with van der Waals surface area (Å²) in [6.07, 6.45) is -4.44. The quantitative estimate of drug-likeness (QED) is 0.550. The van der Waals surface area contributed by atoms with E-state index in [9.17, 15) is 27.6 Å². The Morgan fingerprint density at radius 1 is 1.05 bits per heavy atom. The standard InChI is InChI=1S/C27H26Cl2F3N5O3/c1-2-37-21-14-36(25(39)23(21)24(33-26(37)40)19-7-6-17(28)13-20(19)29)15-22(38)35-10-8-34(9-11-35)18-5-3-4-16(12-18)27(30,31)32/h3-7,12-13,24H,2,8-11,14-15H2,1H3,(H,33,40)/t24-/m0/s1. The van der Waals surface area contributed by atoms with Crippen LogP contribution in [0.2, 0.25) is 10.0 Å². The maximum absolute atomic E-state index is 13.6. The molecule has 1 atom stereocenters. The predicted octanol–water partition coefficient (Wildman–Crippen LogP) is 4.54. The van der Waals surface area contributed by atoms with Crippen molar-refractivity contribution in [3.05, 3.63) is 74.9 Å². The zero-order valence-corrected chi connectivity index (χ0v) is 23.0. The summed E-state index contributed by atoms with van der Waals surface area (Å²) in [5.74, 6) is -0.652. The first kappa shape index (κ1) is 28.1. The van der Waals surface area contributed by atoms with Crippen molar-refractivity contribution in [2.45, 2.75) is 19.1 Å². The summed E-state index contributed by atoms with van der Waals surface area (Å²) in [5.41, 5.74) is 1.12. The molecule has 8 nitrogen and oxygen atoms in total. The first-order chi connectivity index (χ1) is 19.0. The van der Waals surface area contributed by atoms with Gasteiger partial charge in [-0.05, 0) is 42.8 Å². The lowest BCUT2D eigenvalue weighted by molar-refractivity contribution is -0.137. The van der Waals surface area contributed by atoms with Crippen molar-refractivity contribution in [3.63, 3.8) is 0 Å². The summed E-state index contributed by atoms with van der Waals surface area (Å²) >= 11 is 12.4. The number of amides is 4. The summed E-state index contributed by atoms with van der Waals surface area (Å²) in [5, 5.41) is 3.57. The van der Waals surface area contributed by atoms with Gasteiger partial charge in [0.25, 0.3) is 5.91 Å². The molecule has 0 spiro atoms. The number of rotatable bonds is 5. The monoisotopic (exact) mass is 595 g/mol. The molecule has 212 valence electrons. The average Bonchev–Trinajstić information content (AvgIpc) is 3.23. The van der Waals surface area contributed by atoms with Gasteiger partial charge in [-0.1, -0.05) is 35.3 Å². The Kier molecular flexibility index (Phi) is 7.62. The van der Waals surface area contributed by atoms with Crippen LogP contribution in [0.15, 0.2) is 53.7 Å². The number of likely N-dealkylation sites (N-methyl/N-ethyl adjacent to an activating group) is 1. The highest BCUT2D eigenvalue weighted by atomic mass is 35.5. The van der Waals surface area contributed by atoms with E-state index in [2.05, 4.69) is 5.32 Å². The molecule has 0 aromatic heterocycles. The molecule has 0 radical (unpaired) electrons. The number of nitrogens with zero attached hydrogens (tertiary/aromatic N) is 4. The van der Waals surface area contributed by atoms with E-state index in [0.29, 0.717) is 65.3 Å². The number of carbonyl (C=O) groups is 3. The van der Waals surface area contributed by atoms with Crippen molar-refractivity contribution in [1.82, 2.24) is 20.0 Å². The Morgan fingerprint density at radius 3 is 2.42 bits per heavy atom. The number of benzene rings is 2. The molecule has 40 heavy (non-hydrogen) atoms. The average molecular weight is 596 g/mol. The molecule has 1 N–H and O–H groups in total. The number of halogens is 5. The maximum Gasteiger partial charge on any atom is 0.416 e. The van der Waals surface area contributed by atoms with Gasteiger partial charge in [0.2, 0.25) is 5.91 Å². The molecule has 0 saturated carbocycles. The van der Waals surface area contributed by atoms with Crippen molar-refractivity contribution >= 4 is 46.7 Å². The number of carbonyl (C=O) groups excluding carboxylic acids is 3. The van der Waals surface area contributed by atoms with Crippen LogP contribution in [0.5, 0.6) is 0 Å². The molecule has 0 bridgehead atoms. The van der Waals surface area contributed by atoms with Crippen molar-refractivity contribution in [2.24, 2.45) is 0 Å². The van der Waals surface area contributed by atoms with Crippen molar-refractivity contribution in [2.75, 3.05) is 50.7 Å². The number of piperazine rings is 1. The van der Waals surface area contributed by atoms with Gasteiger partial charge in [-0.2, -0.15) is 13.2 Å². The van der Waals surface area contributed by atoms with Crippen LogP contribution in [0.3, 0.4) is 0 Å². The van der Waals surface area contributed by atoms with Crippen LogP contribution in [0.1, 0.15) is 24.1 Å². The number of alkyl halides is 3. The van der Waals surface area contributed by atoms with Crippen molar-refractivity contribution in [1.29, 1.82) is 0 Å². The summed E-state index contributed by atoms with van der Waals surface area (Å²) in [7, 11) is 0. The van der Waals surface area contributed by atoms with E-state index < -0.39 is 17.8 Å². The van der Waals surface area contributed by atoms with Crippen LogP contribution in [0, 0.1) is 0 Å². The molecule has 5 rings (SSSR count). The molecule has 0 unspecified atom stereocenters. The second-order valence-corrected chi connectivity index (χ2v) is 10.6. The van der Waals surface area contributed by atoms with E-state index >= 15 is 0 Å². The van der Waals surface area contributed by atoms with Gasteiger partial charge in [0.1, 0.15) is 6.54 Å². The fourth-order valence-corrected chi connectivity index (χ4v) is 5.85. The van der Waals surface area contributed by atoms with Crippen LogP contribution in [-0.4, -0.2) is 78.4 Å². The highest BCUT2D eigenvalue weighted by molar-refractivity contribution is 6.35. The molecular weight excluding hydrogens is 570 g/mol. The van der Waals surface area contributed by atoms with E-state index in [1.165, 1.54) is 21.9 Å². The normalized spacial score (nSPS) is 19.8. The number of hydrogen-bond acceptors (Lipinski definition) is 4. The van der Waals surface area contributed by atoms with Crippen LogP contribution in [-0.2, 0) is 15.8 Å². The van der Waals surface area contributed by atoms with E-state index in [-0.39, 0.29) is 30.9 Å². The third kappa shape index (κ3) is 5.32. The third-order valence-corrected chi connectivity index (χ3v) is 7.95. The van der Waals surface area contributed by atoms with Crippen LogP contribution < -0.4 is 10.2 Å². The Labute approximate surface area is 238 Å². The van der Waals surface area contributed by atoms with Gasteiger partial charge in [0.15, 0.2) is 0 Å². The SMILES string of the molecule is CCN1C(=O)N[C@@H](c2ccc(Cl)cc2Cl)C2=C1CN(CC(=O)N1CCN(c3cccc(C(F)(F)F)c3)CC1)C2=O. The Balaban J connectivity index is 1.27. The lowest BCUT2D eigenvalue weighted by Crippen LogP contribution is -2.51. The summed E-state index contributed by atoms with van der Waals surface area (Å²) < 4.78 is 39.4. The molecule has 13 heteroatoms. The third-order valence-electron chi connectivity index (χ3n) is 7.38. The zero-order valence-electron chi connectivity index (χ0n) is 21.5. The number of anilines is 1. The minimum Gasteiger partial charge on any atom is -0.368 e. The molecular formula is C27H26Cl2F3N5O3. The smallest absolute Gasteiger partial charge is 0.368 e. The van der Waals surface area contributed by atoms with Crippen molar-refractivity contribution in [3.8, 4) is 0 Å². The van der Waals surface area contributed by atoms with E-state index in [1.807, 2.05) is 0 Å². The molecule has 2 aromatic carbocycles. The van der Waals surface area contributed by atoms with Gasteiger partial charge in [-0.25, -0.2) is 4.79 Å². The van der Waals surface area contributed by atoms with Gasteiger partial charge >= 0.3 is 12.2 Å². The number of nitrogens with one attached hydrogen (secondary N) is 1. The van der Waals surface area contributed by atoms with E-state index in [1.54, 1.807) is 34.9 Å². The van der Waals surface area contributed by atoms with Gasteiger partial charge in [-0.15, -0.1) is 0 Å². The summed E-state index contributed by atoms with van der Waals surface area (Å²) in [6.45, 7) is 3.34. The molecule has 0 aliphatic carbocycles. The van der Waals surface area contributed by atoms with Crippen LogP contribution >= 0.6 is 23.2 Å². The highest BCUT2D eigenvalue weighted by Gasteiger charge is 2.45. The lowest BCUT2D eigenvalue weighted by Gasteiger charge is -2.37. The first-order valence-electron chi connectivity index (χ1n) is 12.7. The van der Waals surface area contributed by atoms with Crippen LogP contribution in [0.25, 0.3) is 0 Å². The van der Waals surface area contributed by atoms with Gasteiger partial charge in [0, 0.05) is 48.5 Å². The minimum absolute atomic E-state index is 0.0904. The van der Waals surface area contributed by atoms with Crippen molar-refractivity contribution < 1.29 is 27.6 Å². The second kappa shape index (κ2) is 10.9. The zero-order chi connectivity index (χ0) is 28.8. The number of urea groups is 1. The topological polar surface area (TPSA) is 76.2 Å². The molecule has 3 heterocycles. The Hall–Kier alpha value is -3.44. The summed E-state index contributed by atoms with van der Waals surface area (Å²) in [4.78, 5) is 46.0. The largest absolute Gasteiger partial charge is 0.416 e. The van der Waals surface area contributed by atoms with Crippen LogP contribution in [0.4, 0.5) is 23.7 Å². The number of hydrogen-bond donors (Lipinski definition) is 1. The molecule has 3 aliphatic rings. The molecule has 4 amide bonds. The second-order valence-electron chi connectivity index (χ2n) is 9.73. The van der Waals surface area contributed by atoms with Gasteiger partial charge in [0.05, 0.1) is 29.4 Å². The maximum atomic E-state index is 13.6. The fourth-order valence-electron chi connectivity index (χ4n) is 5.34. The highest BCUT2D eigenvalue weighted by Crippen LogP contribution is 2.39. The molecule has 2 aromatic rings.